The van der Waals surface area contributed by atoms with Crippen LogP contribution in [0.2, 0.25) is 0 Å². The molecule has 0 atom stereocenters. The first-order valence-electron chi connectivity index (χ1n) is 7.81. The number of hydrogen-bond acceptors (Lipinski definition) is 4. The summed E-state index contributed by atoms with van der Waals surface area (Å²) in [5.41, 5.74) is 1.09. The van der Waals surface area contributed by atoms with E-state index in [9.17, 15) is 13.2 Å². The van der Waals surface area contributed by atoms with Gasteiger partial charge in [0.2, 0.25) is 11.7 Å². The average molecular weight is 340 g/mol. The summed E-state index contributed by atoms with van der Waals surface area (Å²) in [4.78, 5) is 4.34. The maximum absolute atomic E-state index is 12.5. The van der Waals surface area contributed by atoms with Crippen LogP contribution in [0.1, 0.15) is 51.0 Å². The summed E-state index contributed by atoms with van der Waals surface area (Å²) in [5, 5.41) is 3.93. The maximum Gasteiger partial charge on any atom is 0.422 e. The van der Waals surface area contributed by atoms with Crippen molar-refractivity contribution in [2.75, 3.05) is 6.61 Å². The van der Waals surface area contributed by atoms with Crippen LogP contribution in [0.15, 0.2) is 22.7 Å². The van der Waals surface area contributed by atoms with E-state index in [4.69, 9.17) is 9.26 Å². The SMILES string of the molecule is CC(C)(C)c1nc(-c2ccc(C3CC3)c(OCC(F)(F)F)c2)no1. The molecular weight excluding hydrogens is 321 g/mol. The molecule has 4 nitrogen and oxygen atoms in total. The van der Waals surface area contributed by atoms with E-state index in [0.29, 0.717) is 17.3 Å². The van der Waals surface area contributed by atoms with Gasteiger partial charge in [-0.25, -0.2) is 0 Å². The van der Waals surface area contributed by atoms with Crippen LogP contribution >= 0.6 is 0 Å². The third-order valence-electron chi connectivity index (χ3n) is 3.75. The fourth-order valence-electron chi connectivity index (χ4n) is 2.34. The molecule has 0 bridgehead atoms. The van der Waals surface area contributed by atoms with Crippen LogP contribution in [0, 0.1) is 0 Å². The zero-order valence-corrected chi connectivity index (χ0v) is 13.8. The second-order valence-electron chi connectivity index (χ2n) is 7.10. The Morgan fingerprint density at radius 3 is 2.46 bits per heavy atom. The van der Waals surface area contributed by atoms with Gasteiger partial charge in [-0.15, -0.1) is 0 Å². The molecule has 0 saturated heterocycles. The lowest BCUT2D eigenvalue weighted by Crippen LogP contribution is -2.19. The van der Waals surface area contributed by atoms with Crippen LogP contribution in [-0.4, -0.2) is 22.9 Å². The first kappa shape index (κ1) is 16.8. The Hall–Kier alpha value is -2.05. The van der Waals surface area contributed by atoms with Crippen molar-refractivity contribution >= 4 is 0 Å². The molecule has 1 heterocycles. The van der Waals surface area contributed by atoms with Gasteiger partial charge in [0.25, 0.3) is 0 Å². The number of halogens is 3. The van der Waals surface area contributed by atoms with Gasteiger partial charge in [0.15, 0.2) is 6.61 Å². The van der Waals surface area contributed by atoms with E-state index in [1.165, 1.54) is 0 Å². The molecular formula is C17H19F3N2O2. The fraction of sp³-hybridized carbons (Fsp3) is 0.529. The Bertz CT molecular complexity index is 728. The van der Waals surface area contributed by atoms with Crippen LogP contribution < -0.4 is 4.74 Å². The highest BCUT2D eigenvalue weighted by atomic mass is 19.4. The minimum absolute atomic E-state index is 0.245. The summed E-state index contributed by atoms with van der Waals surface area (Å²) in [7, 11) is 0. The molecule has 1 aromatic carbocycles. The summed E-state index contributed by atoms with van der Waals surface area (Å²) >= 11 is 0. The third kappa shape index (κ3) is 3.88. The van der Waals surface area contributed by atoms with Crippen molar-refractivity contribution in [2.45, 2.75) is 51.1 Å². The van der Waals surface area contributed by atoms with Gasteiger partial charge in [0.05, 0.1) is 0 Å². The van der Waals surface area contributed by atoms with E-state index >= 15 is 0 Å². The second kappa shape index (κ2) is 5.79. The predicted octanol–water partition coefficient (Wildman–Crippen LogP) is 4.85. The van der Waals surface area contributed by atoms with E-state index in [1.54, 1.807) is 18.2 Å². The highest BCUT2D eigenvalue weighted by molar-refractivity contribution is 5.60. The van der Waals surface area contributed by atoms with Gasteiger partial charge >= 0.3 is 6.18 Å². The first-order chi connectivity index (χ1) is 11.1. The molecule has 130 valence electrons. The topological polar surface area (TPSA) is 48.2 Å². The van der Waals surface area contributed by atoms with Gasteiger partial charge in [-0.3, -0.25) is 0 Å². The molecule has 3 rings (SSSR count). The molecule has 0 aliphatic heterocycles. The van der Waals surface area contributed by atoms with E-state index in [2.05, 4.69) is 10.1 Å². The average Bonchev–Trinajstić information content (AvgIpc) is 3.18. The van der Waals surface area contributed by atoms with E-state index < -0.39 is 12.8 Å². The number of nitrogens with zero attached hydrogens (tertiary/aromatic N) is 2. The van der Waals surface area contributed by atoms with Gasteiger partial charge in [-0.05, 0) is 30.4 Å². The van der Waals surface area contributed by atoms with Crippen molar-refractivity contribution in [2.24, 2.45) is 0 Å². The molecule has 0 radical (unpaired) electrons. The van der Waals surface area contributed by atoms with Crippen molar-refractivity contribution in [1.29, 1.82) is 0 Å². The second-order valence-corrected chi connectivity index (χ2v) is 7.10. The van der Waals surface area contributed by atoms with Crippen molar-refractivity contribution in [1.82, 2.24) is 10.1 Å². The van der Waals surface area contributed by atoms with Crippen LogP contribution in [0.25, 0.3) is 11.4 Å². The molecule has 0 unspecified atom stereocenters. The summed E-state index contributed by atoms with van der Waals surface area (Å²) in [6, 6.07) is 5.16. The van der Waals surface area contributed by atoms with Gasteiger partial charge in [-0.1, -0.05) is 38.1 Å². The number of benzene rings is 1. The van der Waals surface area contributed by atoms with E-state index in [0.717, 1.165) is 18.4 Å². The monoisotopic (exact) mass is 340 g/mol. The quantitative estimate of drug-likeness (QED) is 0.798. The molecule has 0 spiro atoms. The lowest BCUT2D eigenvalue weighted by Gasteiger charge is -2.13. The minimum Gasteiger partial charge on any atom is -0.484 e. The van der Waals surface area contributed by atoms with Gasteiger partial charge in [0.1, 0.15) is 5.75 Å². The number of aromatic nitrogens is 2. The van der Waals surface area contributed by atoms with Gasteiger partial charge in [0, 0.05) is 11.0 Å². The molecule has 1 aromatic heterocycles. The summed E-state index contributed by atoms with van der Waals surface area (Å²) in [6.45, 7) is 4.52. The van der Waals surface area contributed by atoms with E-state index in [-0.39, 0.29) is 17.1 Å². The summed E-state index contributed by atoms with van der Waals surface area (Å²) in [6.07, 6.45) is -2.43. The molecule has 7 heteroatoms. The highest BCUT2D eigenvalue weighted by Crippen LogP contribution is 2.45. The number of hydrogen-bond donors (Lipinski definition) is 0. The van der Waals surface area contributed by atoms with Crippen molar-refractivity contribution in [3.8, 4) is 17.1 Å². The number of ether oxygens (including phenoxy) is 1. The van der Waals surface area contributed by atoms with E-state index in [1.807, 2.05) is 20.8 Å². The number of alkyl halides is 3. The molecule has 1 fully saturated rings. The maximum atomic E-state index is 12.5. The smallest absolute Gasteiger partial charge is 0.422 e. The summed E-state index contributed by atoms with van der Waals surface area (Å²) in [5.74, 6) is 1.34. The Balaban J connectivity index is 1.90. The lowest BCUT2D eigenvalue weighted by atomic mass is 9.97. The molecule has 2 aromatic rings. The Morgan fingerprint density at radius 2 is 1.92 bits per heavy atom. The third-order valence-corrected chi connectivity index (χ3v) is 3.75. The Morgan fingerprint density at radius 1 is 1.21 bits per heavy atom. The fourth-order valence-corrected chi connectivity index (χ4v) is 2.34. The van der Waals surface area contributed by atoms with Gasteiger partial charge < -0.3 is 9.26 Å². The summed E-state index contributed by atoms with van der Waals surface area (Å²) < 4.78 is 47.7. The van der Waals surface area contributed by atoms with Crippen LogP contribution in [0.5, 0.6) is 5.75 Å². The van der Waals surface area contributed by atoms with Crippen LogP contribution in [0.3, 0.4) is 0 Å². The van der Waals surface area contributed by atoms with Crippen LogP contribution in [-0.2, 0) is 5.41 Å². The largest absolute Gasteiger partial charge is 0.484 e. The molecule has 24 heavy (non-hydrogen) atoms. The predicted molar refractivity (Wildman–Crippen MR) is 82.0 cm³/mol. The number of rotatable bonds is 4. The Kier molecular flexibility index (Phi) is 4.05. The molecule has 1 aliphatic carbocycles. The van der Waals surface area contributed by atoms with Crippen molar-refractivity contribution < 1.29 is 22.4 Å². The lowest BCUT2D eigenvalue weighted by molar-refractivity contribution is -0.153. The molecule has 0 N–H and O–H groups in total. The minimum atomic E-state index is -4.37. The highest BCUT2D eigenvalue weighted by Gasteiger charge is 2.32. The zero-order chi connectivity index (χ0) is 17.5. The first-order valence-corrected chi connectivity index (χ1v) is 7.81. The van der Waals surface area contributed by atoms with Crippen LogP contribution in [0.4, 0.5) is 13.2 Å². The van der Waals surface area contributed by atoms with Crippen molar-refractivity contribution in [3.63, 3.8) is 0 Å². The molecule has 1 saturated carbocycles. The normalized spacial score (nSPS) is 15.6. The van der Waals surface area contributed by atoms with Gasteiger partial charge in [-0.2, -0.15) is 18.2 Å². The standard InChI is InChI=1S/C17H19F3N2O2/c1-16(2,3)15-21-14(22-24-15)11-6-7-12(10-4-5-10)13(8-11)23-9-17(18,19)20/h6-8,10H,4-5,9H2,1-3H3. The Labute approximate surface area is 138 Å². The van der Waals surface area contributed by atoms with Crippen molar-refractivity contribution in [3.05, 3.63) is 29.7 Å². The zero-order valence-electron chi connectivity index (χ0n) is 13.8. The molecule has 0 amide bonds. The molecule has 1 aliphatic rings.